The van der Waals surface area contributed by atoms with Crippen LogP contribution >= 0.6 is 0 Å². The van der Waals surface area contributed by atoms with Crippen molar-refractivity contribution >= 4 is 16.9 Å². The summed E-state index contributed by atoms with van der Waals surface area (Å²) in [4.78, 5) is 15.2. The molecule has 94 valence electrons. The minimum absolute atomic E-state index is 0.0565. The van der Waals surface area contributed by atoms with E-state index in [4.69, 9.17) is 4.74 Å². The quantitative estimate of drug-likeness (QED) is 0.842. The number of aromatic nitrogens is 1. The Morgan fingerprint density at radius 2 is 2.17 bits per heavy atom. The first-order valence-electron chi connectivity index (χ1n) is 6.39. The molecular formula is C15H17NO2. The van der Waals surface area contributed by atoms with Gasteiger partial charge in [-0.05, 0) is 30.9 Å². The third-order valence-electron chi connectivity index (χ3n) is 4.13. The second kappa shape index (κ2) is 4.16. The molecule has 1 aliphatic rings. The normalized spacial score (nSPS) is 17.4. The molecule has 1 aliphatic carbocycles. The lowest BCUT2D eigenvalue weighted by Gasteiger charge is -2.38. The largest absolute Gasteiger partial charge is 0.469 e. The van der Waals surface area contributed by atoms with E-state index in [-0.39, 0.29) is 11.4 Å². The van der Waals surface area contributed by atoms with Gasteiger partial charge in [0, 0.05) is 17.1 Å². The number of ether oxygens (including phenoxy) is 1. The highest BCUT2D eigenvalue weighted by Gasteiger charge is 2.45. The minimum atomic E-state index is -0.278. The fourth-order valence-corrected chi connectivity index (χ4v) is 2.92. The van der Waals surface area contributed by atoms with Gasteiger partial charge in [0.05, 0.1) is 12.5 Å². The highest BCUT2D eigenvalue weighted by atomic mass is 16.5. The van der Waals surface area contributed by atoms with Crippen LogP contribution in [0, 0.1) is 5.41 Å². The molecule has 1 aromatic carbocycles. The van der Waals surface area contributed by atoms with Gasteiger partial charge in [0.25, 0.3) is 0 Å². The minimum Gasteiger partial charge on any atom is -0.469 e. The molecule has 0 radical (unpaired) electrons. The fraction of sp³-hybridized carbons (Fsp3) is 0.400. The van der Waals surface area contributed by atoms with Crippen LogP contribution < -0.4 is 0 Å². The van der Waals surface area contributed by atoms with E-state index >= 15 is 0 Å². The van der Waals surface area contributed by atoms with Gasteiger partial charge in [0.2, 0.25) is 0 Å². The molecule has 1 fully saturated rings. The maximum atomic E-state index is 11.9. The molecular weight excluding hydrogens is 226 g/mol. The number of nitrogens with one attached hydrogen (secondary N) is 1. The maximum Gasteiger partial charge on any atom is 0.312 e. The van der Waals surface area contributed by atoms with Crippen molar-refractivity contribution in [3.05, 3.63) is 36.0 Å². The summed E-state index contributed by atoms with van der Waals surface area (Å²) in [5.74, 6) is -0.0565. The summed E-state index contributed by atoms with van der Waals surface area (Å²) in [5, 5.41) is 1.22. The smallest absolute Gasteiger partial charge is 0.312 e. The van der Waals surface area contributed by atoms with E-state index in [2.05, 4.69) is 17.1 Å². The summed E-state index contributed by atoms with van der Waals surface area (Å²) in [6, 6.07) is 8.21. The Hall–Kier alpha value is -1.77. The van der Waals surface area contributed by atoms with Crippen molar-refractivity contribution in [1.29, 1.82) is 0 Å². The predicted octanol–water partition coefficient (Wildman–Crippen LogP) is 3.05. The number of fused-ring (bicyclic) bond motifs is 1. The second-order valence-electron chi connectivity index (χ2n) is 5.16. The molecule has 0 spiro atoms. The lowest BCUT2D eigenvalue weighted by molar-refractivity contribution is -0.158. The van der Waals surface area contributed by atoms with Crippen molar-refractivity contribution in [2.45, 2.75) is 25.7 Å². The molecule has 1 heterocycles. The maximum absolute atomic E-state index is 11.9. The summed E-state index contributed by atoms with van der Waals surface area (Å²) < 4.78 is 4.97. The Labute approximate surface area is 106 Å². The zero-order chi connectivity index (χ0) is 12.6. The molecule has 18 heavy (non-hydrogen) atoms. The van der Waals surface area contributed by atoms with Crippen LogP contribution in [0.25, 0.3) is 10.9 Å². The van der Waals surface area contributed by atoms with Crippen LogP contribution in [0.15, 0.2) is 30.5 Å². The van der Waals surface area contributed by atoms with Crippen LogP contribution in [0.2, 0.25) is 0 Å². The average molecular weight is 243 g/mol. The van der Waals surface area contributed by atoms with Crippen molar-refractivity contribution in [2.75, 3.05) is 7.11 Å². The number of benzene rings is 1. The summed E-state index contributed by atoms with van der Waals surface area (Å²) in [6.07, 6.45) is 5.81. The van der Waals surface area contributed by atoms with Gasteiger partial charge in [0.15, 0.2) is 0 Å². The monoisotopic (exact) mass is 243 g/mol. The van der Waals surface area contributed by atoms with Crippen molar-refractivity contribution in [3.63, 3.8) is 0 Å². The van der Waals surface area contributed by atoms with Crippen LogP contribution in [-0.4, -0.2) is 18.1 Å². The number of methoxy groups -OCH3 is 1. The van der Waals surface area contributed by atoms with Gasteiger partial charge >= 0.3 is 5.97 Å². The zero-order valence-electron chi connectivity index (χ0n) is 10.5. The number of esters is 1. The second-order valence-corrected chi connectivity index (χ2v) is 5.16. The SMILES string of the molecule is COC(=O)C1(Cc2c[nH]c3ccccc23)CCC1. The zero-order valence-corrected chi connectivity index (χ0v) is 10.5. The van der Waals surface area contributed by atoms with Crippen LogP contribution in [0.1, 0.15) is 24.8 Å². The highest BCUT2D eigenvalue weighted by molar-refractivity contribution is 5.85. The molecule has 0 aliphatic heterocycles. The summed E-state index contributed by atoms with van der Waals surface area (Å²) in [5.41, 5.74) is 2.07. The Balaban J connectivity index is 1.94. The van der Waals surface area contributed by atoms with Crippen LogP contribution in [-0.2, 0) is 16.0 Å². The number of carbonyl (C=O) groups is 1. The van der Waals surface area contributed by atoms with Crippen molar-refractivity contribution in [1.82, 2.24) is 4.98 Å². The van der Waals surface area contributed by atoms with Crippen molar-refractivity contribution < 1.29 is 9.53 Å². The van der Waals surface area contributed by atoms with Gasteiger partial charge in [-0.15, -0.1) is 0 Å². The molecule has 3 rings (SSSR count). The average Bonchev–Trinajstić information content (AvgIpc) is 2.76. The Bertz CT molecular complexity index is 581. The van der Waals surface area contributed by atoms with Crippen LogP contribution in [0.4, 0.5) is 0 Å². The van der Waals surface area contributed by atoms with E-state index in [1.165, 1.54) is 18.1 Å². The Morgan fingerprint density at radius 1 is 1.39 bits per heavy atom. The molecule has 0 bridgehead atoms. The first-order chi connectivity index (χ1) is 8.75. The molecule has 0 atom stereocenters. The third kappa shape index (κ3) is 1.62. The van der Waals surface area contributed by atoms with E-state index in [0.29, 0.717) is 0 Å². The van der Waals surface area contributed by atoms with E-state index in [1.54, 1.807) is 0 Å². The van der Waals surface area contributed by atoms with E-state index in [0.717, 1.165) is 31.2 Å². The summed E-state index contributed by atoms with van der Waals surface area (Å²) in [6.45, 7) is 0. The van der Waals surface area contributed by atoms with Gasteiger partial charge in [-0.2, -0.15) is 0 Å². The molecule has 1 aromatic heterocycles. The van der Waals surface area contributed by atoms with Gasteiger partial charge < -0.3 is 9.72 Å². The van der Waals surface area contributed by atoms with Gasteiger partial charge in [-0.3, -0.25) is 4.79 Å². The molecule has 0 unspecified atom stereocenters. The fourth-order valence-electron chi connectivity index (χ4n) is 2.92. The van der Waals surface area contributed by atoms with E-state index < -0.39 is 0 Å². The van der Waals surface area contributed by atoms with Gasteiger partial charge in [-0.1, -0.05) is 24.6 Å². The van der Waals surface area contributed by atoms with Crippen molar-refractivity contribution in [3.8, 4) is 0 Å². The molecule has 2 aromatic rings. The molecule has 0 amide bonds. The molecule has 3 heteroatoms. The number of hydrogen-bond donors (Lipinski definition) is 1. The van der Waals surface area contributed by atoms with E-state index in [9.17, 15) is 4.79 Å². The summed E-state index contributed by atoms with van der Waals surface area (Å²) in [7, 11) is 1.48. The summed E-state index contributed by atoms with van der Waals surface area (Å²) >= 11 is 0. The number of carbonyl (C=O) groups excluding carboxylic acids is 1. The first kappa shape index (κ1) is 11.3. The van der Waals surface area contributed by atoms with E-state index in [1.807, 2.05) is 18.3 Å². The number of H-pyrrole nitrogens is 1. The molecule has 1 saturated carbocycles. The first-order valence-corrected chi connectivity index (χ1v) is 6.39. The number of rotatable bonds is 3. The lowest BCUT2D eigenvalue weighted by atomic mass is 9.65. The highest BCUT2D eigenvalue weighted by Crippen LogP contribution is 2.45. The standard InChI is InChI=1S/C15H17NO2/c1-18-14(17)15(7-4-8-15)9-11-10-16-13-6-3-2-5-12(11)13/h2-3,5-6,10,16H,4,7-9H2,1H3. The van der Waals surface area contributed by atoms with Crippen molar-refractivity contribution in [2.24, 2.45) is 5.41 Å². The predicted molar refractivity (Wildman–Crippen MR) is 70.3 cm³/mol. The van der Waals surface area contributed by atoms with Gasteiger partial charge in [-0.25, -0.2) is 0 Å². The van der Waals surface area contributed by atoms with Crippen LogP contribution in [0.5, 0.6) is 0 Å². The molecule has 0 saturated heterocycles. The molecule has 1 N–H and O–H groups in total. The third-order valence-corrected chi connectivity index (χ3v) is 4.13. The lowest BCUT2D eigenvalue weighted by Crippen LogP contribution is -2.40. The molecule has 3 nitrogen and oxygen atoms in total. The van der Waals surface area contributed by atoms with Gasteiger partial charge in [0.1, 0.15) is 0 Å². The Kier molecular flexibility index (Phi) is 2.62. The van der Waals surface area contributed by atoms with Crippen LogP contribution in [0.3, 0.4) is 0 Å². The Morgan fingerprint density at radius 3 is 2.83 bits per heavy atom. The number of aromatic amines is 1. The topological polar surface area (TPSA) is 42.1 Å². The number of hydrogen-bond acceptors (Lipinski definition) is 2. The number of para-hydroxylation sites is 1.